The first-order valence-electron chi connectivity index (χ1n) is 8.22. The van der Waals surface area contributed by atoms with Crippen molar-refractivity contribution >= 4 is 0 Å². The Bertz CT molecular complexity index is 862. The fraction of sp³-hybridized carbons (Fsp3) is 0.389. The Hall–Kier alpha value is -2.63. The van der Waals surface area contributed by atoms with E-state index in [1.165, 1.54) is 11.1 Å². The average Bonchev–Trinajstić information content (AvgIpc) is 3.27. The van der Waals surface area contributed by atoms with Crippen molar-refractivity contribution in [2.45, 2.75) is 39.5 Å². The van der Waals surface area contributed by atoms with E-state index in [0.717, 1.165) is 35.7 Å². The van der Waals surface area contributed by atoms with Crippen molar-refractivity contribution in [3.63, 3.8) is 0 Å². The van der Waals surface area contributed by atoms with Gasteiger partial charge in [0.2, 0.25) is 11.7 Å². The maximum Gasteiger partial charge on any atom is 0.227 e. The maximum absolute atomic E-state index is 5.54. The molecule has 0 saturated carbocycles. The molecule has 0 bridgehead atoms. The van der Waals surface area contributed by atoms with Crippen molar-refractivity contribution in [3.05, 3.63) is 46.6 Å². The van der Waals surface area contributed by atoms with E-state index >= 15 is 0 Å². The molecule has 0 radical (unpaired) electrons. The Kier molecular flexibility index (Phi) is 3.59. The highest BCUT2D eigenvalue weighted by atomic mass is 16.5. The number of aromatic amines is 1. The van der Waals surface area contributed by atoms with Crippen LogP contribution in [0.2, 0.25) is 0 Å². The summed E-state index contributed by atoms with van der Waals surface area (Å²) >= 11 is 0. The fourth-order valence-corrected chi connectivity index (χ4v) is 3.43. The van der Waals surface area contributed by atoms with E-state index < -0.39 is 0 Å². The largest absolute Gasteiger partial charge is 0.493 e. The summed E-state index contributed by atoms with van der Waals surface area (Å²) < 4.78 is 11.0. The van der Waals surface area contributed by atoms with Gasteiger partial charge in [-0.1, -0.05) is 12.1 Å². The minimum atomic E-state index is 0.269. The second kappa shape index (κ2) is 5.78. The molecule has 1 atom stereocenters. The number of benzene rings is 1. The molecule has 4 rings (SSSR count). The lowest BCUT2D eigenvalue weighted by Crippen LogP contribution is -2.01. The molecule has 3 aromatic rings. The third kappa shape index (κ3) is 2.58. The van der Waals surface area contributed by atoms with Gasteiger partial charge in [0.15, 0.2) is 0 Å². The van der Waals surface area contributed by atoms with Gasteiger partial charge in [-0.2, -0.15) is 10.1 Å². The monoisotopic (exact) mass is 324 g/mol. The molecule has 0 spiro atoms. The maximum atomic E-state index is 5.54. The average molecular weight is 324 g/mol. The van der Waals surface area contributed by atoms with E-state index in [1.807, 2.05) is 26.0 Å². The van der Waals surface area contributed by atoms with Crippen LogP contribution < -0.4 is 4.74 Å². The standard InChI is InChI=1S/C18H20N4O2/c1-10(17-11(2)20-21-12(17)3)8-16-19-18(22-24-16)14-4-5-15-13(9-14)6-7-23-15/h4-5,9-10H,6-8H2,1-3H3,(H,20,21)/t10-/m0/s1. The molecule has 1 aliphatic heterocycles. The third-order valence-corrected chi connectivity index (χ3v) is 4.57. The first-order valence-corrected chi connectivity index (χ1v) is 8.22. The zero-order valence-corrected chi connectivity index (χ0v) is 14.1. The molecule has 124 valence electrons. The predicted molar refractivity (Wildman–Crippen MR) is 89.1 cm³/mol. The van der Waals surface area contributed by atoms with Crippen molar-refractivity contribution in [1.29, 1.82) is 0 Å². The Balaban J connectivity index is 1.55. The molecule has 6 nitrogen and oxygen atoms in total. The van der Waals surface area contributed by atoms with Crippen LogP contribution >= 0.6 is 0 Å². The topological polar surface area (TPSA) is 76.8 Å². The molecule has 24 heavy (non-hydrogen) atoms. The summed E-state index contributed by atoms with van der Waals surface area (Å²) in [6.07, 6.45) is 1.63. The molecule has 1 aliphatic rings. The first kappa shape index (κ1) is 14.9. The van der Waals surface area contributed by atoms with Gasteiger partial charge in [0.25, 0.3) is 0 Å². The number of hydrogen-bond donors (Lipinski definition) is 1. The van der Waals surface area contributed by atoms with E-state index in [1.54, 1.807) is 0 Å². The summed E-state index contributed by atoms with van der Waals surface area (Å²) in [7, 11) is 0. The third-order valence-electron chi connectivity index (χ3n) is 4.57. The van der Waals surface area contributed by atoms with Crippen molar-refractivity contribution in [2.24, 2.45) is 0 Å². The smallest absolute Gasteiger partial charge is 0.227 e. The minimum Gasteiger partial charge on any atom is -0.493 e. The number of aromatic nitrogens is 4. The van der Waals surface area contributed by atoms with Crippen LogP contribution in [0.1, 0.15) is 41.2 Å². The zero-order chi connectivity index (χ0) is 16.7. The summed E-state index contributed by atoms with van der Waals surface area (Å²) in [4.78, 5) is 4.57. The van der Waals surface area contributed by atoms with Crippen LogP contribution in [0.5, 0.6) is 5.75 Å². The van der Waals surface area contributed by atoms with E-state index in [0.29, 0.717) is 18.1 Å². The molecule has 6 heteroatoms. The highest BCUT2D eigenvalue weighted by Gasteiger charge is 2.19. The van der Waals surface area contributed by atoms with Gasteiger partial charge in [0.1, 0.15) is 5.75 Å². The summed E-state index contributed by atoms with van der Waals surface area (Å²) in [5.74, 6) is 2.51. The van der Waals surface area contributed by atoms with Gasteiger partial charge in [-0.25, -0.2) is 0 Å². The van der Waals surface area contributed by atoms with Crippen LogP contribution in [0, 0.1) is 13.8 Å². The fourth-order valence-electron chi connectivity index (χ4n) is 3.43. The van der Waals surface area contributed by atoms with Gasteiger partial charge in [0.05, 0.1) is 12.3 Å². The predicted octanol–water partition coefficient (Wildman–Crippen LogP) is 3.36. The SMILES string of the molecule is Cc1n[nH]c(C)c1[C@@H](C)Cc1nc(-c2ccc3c(c2)CCO3)no1. The van der Waals surface area contributed by atoms with Crippen molar-refractivity contribution in [1.82, 2.24) is 20.3 Å². The van der Waals surface area contributed by atoms with Gasteiger partial charge in [-0.3, -0.25) is 5.10 Å². The number of fused-ring (bicyclic) bond motifs is 1. The Morgan fingerprint density at radius 3 is 2.96 bits per heavy atom. The summed E-state index contributed by atoms with van der Waals surface area (Å²) in [6, 6.07) is 6.05. The highest BCUT2D eigenvalue weighted by Crippen LogP contribution is 2.30. The summed E-state index contributed by atoms with van der Waals surface area (Å²) in [6.45, 7) is 6.96. The number of nitrogens with zero attached hydrogens (tertiary/aromatic N) is 3. The quantitative estimate of drug-likeness (QED) is 0.796. The molecule has 0 fully saturated rings. The van der Waals surface area contributed by atoms with Crippen LogP contribution in [0.15, 0.2) is 22.7 Å². The van der Waals surface area contributed by atoms with Crippen molar-refractivity contribution in [3.8, 4) is 17.1 Å². The second-order valence-electron chi connectivity index (χ2n) is 6.39. The van der Waals surface area contributed by atoms with E-state index in [-0.39, 0.29) is 5.92 Å². The highest BCUT2D eigenvalue weighted by molar-refractivity contribution is 5.59. The lowest BCUT2D eigenvalue weighted by atomic mass is 9.96. The molecule has 3 heterocycles. The van der Waals surface area contributed by atoms with Crippen molar-refractivity contribution < 1.29 is 9.26 Å². The molecule has 1 aromatic carbocycles. The van der Waals surface area contributed by atoms with Gasteiger partial charge < -0.3 is 9.26 Å². The van der Waals surface area contributed by atoms with E-state index in [4.69, 9.17) is 9.26 Å². The minimum absolute atomic E-state index is 0.269. The zero-order valence-electron chi connectivity index (χ0n) is 14.1. The van der Waals surface area contributed by atoms with Crippen molar-refractivity contribution in [2.75, 3.05) is 6.61 Å². The van der Waals surface area contributed by atoms with Gasteiger partial charge >= 0.3 is 0 Å². The van der Waals surface area contributed by atoms with Crippen LogP contribution in [-0.4, -0.2) is 26.9 Å². The van der Waals surface area contributed by atoms with Gasteiger partial charge in [-0.15, -0.1) is 0 Å². The Labute approximate surface area is 140 Å². The van der Waals surface area contributed by atoms with Crippen LogP contribution in [-0.2, 0) is 12.8 Å². The number of nitrogens with one attached hydrogen (secondary N) is 1. The van der Waals surface area contributed by atoms with E-state index in [2.05, 4.69) is 33.3 Å². The van der Waals surface area contributed by atoms with Gasteiger partial charge in [0, 0.05) is 24.1 Å². The lowest BCUT2D eigenvalue weighted by molar-refractivity contribution is 0.357. The number of ether oxygens (including phenoxy) is 1. The molecular formula is C18H20N4O2. The molecular weight excluding hydrogens is 304 g/mol. The lowest BCUT2D eigenvalue weighted by Gasteiger charge is -2.08. The molecule has 1 N–H and O–H groups in total. The summed E-state index contributed by atoms with van der Waals surface area (Å²) in [5, 5.41) is 11.4. The number of aryl methyl sites for hydroxylation is 2. The number of rotatable bonds is 4. The van der Waals surface area contributed by atoms with Gasteiger partial charge in [-0.05, 0) is 49.1 Å². The van der Waals surface area contributed by atoms with Crippen LogP contribution in [0.3, 0.4) is 0 Å². The molecule has 0 amide bonds. The molecule has 0 unspecified atom stereocenters. The van der Waals surface area contributed by atoms with E-state index in [9.17, 15) is 0 Å². The second-order valence-corrected chi connectivity index (χ2v) is 6.39. The molecule has 0 saturated heterocycles. The molecule has 2 aromatic heterocycles. The molecule has 0 aliphatic carbocycles. The van der Waals surface area contributed by atoms with Crippen LogP contribution in [0.4, 0.5) is 0 Å². The summed E-state index contributed by atoms with van der Waals surface area (Å²) in [5.41, 5.74) is 5.52. The number of hydrogen-bond acceptors (Lipinski definition) is 5. The Morgan fingerprint density at radius 2 is 2.17 bits per heavy atom. The van der Waals surface area contributed by atoms with Crippen LogP contribution in [0.25, 0.3) is 11.4 Å². The number of H-pyrrole nitrogens is 1. The Morgan fingerprint density at radius 1 is 1.29 bits per heavy atom. The normalized spacial score (nSPS) is 14.5. The first-order chi connectivity index (χ1) is 11.6.